The molecule has 1 aromatic carbocycles. The fraction of sp³-hybridized carbons (Fsp3) is 0.385. The van der Waals surface area contributed by atoms with Gasteiger partial charge in [-0.3, -0.25) is 0 Å². The molecule has 2 rings (SSSR count). The molecule has 4 heteroatoms. The quantitative estimate of drug-likeness (QED) is 0.603. The van der Waals surface area contributed by atoms with Crippen molar-refractivity contribution in [3.05, 3.63) is 30.5 Å². The van der Waals surface area contributed by atoms with E-state index in [0.717, 1.165) is 17.3 Å². The van der Waals surface area contributed by atoms with Crippen molar-refractivity contribution in [1.82, 2.24) is 9.97 Å². The van der Waals surface area contributed by atoms with Gasteiger partial charge in [-0.1, -0.05) is 38.0 Å². The SMILES string of the molecule is CCCCCOc1ncc2ccccc2n1.P. The van der Waals surface area contributed by atoms with Crippen LogP contribution >= 0.6 is 9.90 Å². The molecule has 0 saturated carbocycles. The van der Waals surface area contributed by atoms with Crippen molar-refractivity contribution in [2.45, 2.75) is 26.2 Å². The number of fused-ring (bicyclic) bond motifs is 1. The van der Waals surface area contributed by atoms with Gasteiger partial charge >= 0.3 is 6.01 Å². The molecule has 0 radical (unpaired) electrons. The smallest absolute Gasteiger partial charge is 0.316 e. The summed E-state index contributed by atoms with van der Waals surface area (Å²) in [6.45, 7) is 2.87. The number of hydrogen-bond acceptors (Lipinski definition) is 3. The maximum absolute atomic E-state index is 5.49. The molecule has 1 heterocycles. The Morgan fingerprint density at radius 2 is 2.00 bits per heavy atom. The summed E-state index contributed by atoms with van der Waals surface area (Å²) < 4.78 is 5.49. The summed E-state index contributed by atoms with van der Waals surface area (Å²) >= 11 is 0. The highest BCUT2D eigenvalue weighted by Crippen LogP contribution is 2.13. The van der Waals surface area contributed by atoms with E-state index in [2.05, 4.69) is 16.9 Å². The van der Waals surface area contributed by atoms with Gasteiger partial charge < -0.3 is 4.74 Å². The topological polar surface area (TPSA) is 35.0 Å². The maximum Gasteiger partial charge on any atom is 0.316 e. The van der Waals surface area contributed by atoms with Crippen LogP contribution in [0.2, 0.25) is 0 Å². The molecule has 0 aliphatic heterocycles. The fourth-order valence-corrected chi connectivity index (χ4v) is 1.54. The predicted octanol–water partition coefficient (Wildman–Crippen LogP) is 3.26. The minimum absolute atomic E-state index is 0. The predicted molar refractivity (Wildman–Crippen MR) is 75.7 cm³/mol. The van der Waals surface area contributed by atoms with Crippen LogP contribution < -0.4 is 4.74 Å². The van der Waals surface area contributed by atoms with Crippen LogP contribution in [0.25, 0.3) is 10.9 Å². The molecule has 3 nitrogen and oxygen atoms in total. The Balaban J connectivity index is 0.00000144. The van der Waals surface area contributed by atoms with Gasteiger partial charge in [0.15, 0.2) is 0 Å². The van der Waals surface area contributed by atoms with Gasteiger partial charge in [0.25, 0.3) is 0 Å². The number of unbranched alkanes of at least 4 members (excludes halogenated alkanes) is 2. The van der Waals surface area contributed by atoms with E-state index >= 15 is 0 Å². The lowest BCUT2D eigenvalue weighted by Crippen LogP contribution is -2.00. The van der Waals surface area contributed by atoms with Crippen LogP contribution in [0.3, 0.4) is 0 Å². The maximum atomic E-state index is 5.49. The molecule has 1 atom stereocenters. The molecule has 17 heavy (non-hydrogen) atoms. The molecule has 0 saturated heterocycles. The van der Waals surface area contributed by atoms with Crippen LogP contribution in [0.5, 0.6) is 6.01 Å². The van der Waals surface area contributed by atoms with E-state index in [1.807, 2.05) is 24.3 Å². The normalized spacial score (nSPS) is 9.94. The fourth-order valence-electron chi connectivity index (χ4n) is 1.54. The first-order valence-electron chi connectivity index (χ1n) is 5.74. The first kappa shape index (κ1) is 13.9. The van der Waals surface area contributed by atoms with E-state index in [4.69, 9.17) is 4.74 Å². The Labute approximate surface area is 105 Å². The van der Waals surface area contributed by atoms with E-state index in [0.29, 0.717) is 12.6 Å². The largest absolute Gasteiger partial charge is 0.463 e. The zero-order chi connectivity index (χ0) is 11.2. The molecule has 1 unspecified atom stereocenters. The number of benzene rings is 1. The third kappa shape index (κ3) is 3.94. The molecule has 1 aromatic heterocycles. The zero-order valence-electron chi connectivity index (χ0n) is 10.2. The minimum atomic E-state index is 0. The van der Waals surface area contributed by atoms with Crippen molar-refractivity contribution in [3.63, 3.8) is 0 Å². The molecule has 0 spiro atoms. The molecular formula is C13H19N2OP. The average molecular weight is 250 g/mol. The second kappa shape index (κ2) is 7.18. The molecule has 0 aliphatic carbocycles. The molecule has 92 valence electrons. The molecule has 0 fully saturated rings. The molecule has 0 amide bonds. The van der Waals surface area contributed by atoms with E-state index in [1.54, 1.807) is 6.20 Å². The van der Waals surface area contributed by atoms with Gasteiger partial charge in [0.2, 0.25) is 0 Å². The summed E-state index contributed by atoms with van der Waals surface area (Å²) in [6.07, 6.45) is 5.25. The minimum Gasteiger partial charge on any atom is -0.463 e. The lowest BCUT2D eigenvalue weighted by molar-refractivity contribution is 0.284. The summed E-state index contributed by atoms with van der Waals surface area (Å²) in [5.41, 5.74) is 0.933. The lowest BCUT2D eigenvalue weighted by Gasteiger charge is -2.04. The van der Waals surface area contributed by atoms with Crippen LogP contribution in [0, 0.1) is 0 Å². The van der Waals surface area contributed by atoms with Gasteiger partial charge in [0, 0.05) is 11.6 Å². The van der Waals surface area contributed by atoms with E-state index in [9.17, 15) is 0 Å². The first-order chi connectivity index (χ1) is 7.90. The van der Waals surface area contributed by atoms with Crippen molar-refractivity contribution >= 4 is 20.8 Å². The Kier molecular flexibility index (Phi) is 5.85. The van der Waals surface area contributed by atoms with Crippen molar-refractivity contribution in [1.29, 1.82) is 0 Å². The Hall–Kier alpha value is -1.21. The second-order valence-corrected chi connectivity index (χ2v) is 3.77. The Bertz CT molecular complexity index is 462. The van der Waals surface area contributed by atoms with Crippen LogP contribution in [0.1, 0.15) is 26.2 Å². The number of para-hydroxylation sites is 1. The molecule has 0 N–H and O–H groups in total. The molecular weight excluding hydrogens is 231 g/mol. The van der Waals surface area contributed by atoms with Gasteiger partial charge in [-0.25, -0.2) is 4.98 Å². The molecule has 0 aliphatic rings. The summed E-state index contributed by atoms with van der Waals surface area (Å²) in [7, 11) is 0. The average Bonchev–Trinajstić information content (AvgIpc) is 2.34. The van der Waals surface area contributed by atoms with Crippen LogP contribution in [0.15, 0.2) is 30.5 Å². The molecule has 2 aromatic rings. The summed E-state index contributed by atoms with van der Waals surface area (Å²) in [5, 5.41) is 1.04. The van der Waals surface area contributed by atoms with Crippen molar-refractivity contribution in [2.24, 2.45) is 0 Å². The third-order valence-electron chi connectivity index (χ3n) is 2.45. The summed E-state index contributed by atoms with van der Waals surface area (Å²) in [5.74, 6) is 0. The number of hydrogen-bond donors (Lipinski definition) is 0. The van der Waals surface area contributed by atoms with Gasteiger partial charge in [0.05, 0.1) is 12.1 Å². The first-order valence-corrected chi connectivity index (χ1v) is 5.74. The third-order valence-corrected chi connectivity index (χ3v) is 2.45. The highest BCUT2D eigenvalue weighted by molar-refractivity contribution is 6.92. The zero-order valence-corrected chi connectivity index (χ0v) is 11.6. The van der Waals surface area contributed by atoms with Gasteiger partial charge in [0.1, 0.15) is 0 Å². The van der Waals surface area contributed by atoms with Crippen LogP contribution in [-0.4, -0.2) is 16.6 Å². The number of aromatic nitrogens is 2. The van der Waals surface area contributed by atoms with Gasteiger partial charge in [-0.15, -0.1) is 0 Å². The summed E-state index contributed by atoms with van der Waals surface area (Å²) in [6, 6.07) is 8.39. The number of nitrogens with zero attached hydrogens (tertiary/aromatic N) is 2. The Morgan fingerprint density at radius 1 is 1.18 bits per heavy atom. The second-order valence-electron chi connectivity index (χ2n) is 3.77. The van der Waals surface area contributed by atoms with E-state index in [-0.39, 0.29) is 9.90 Å². The number of ether oxygens (including phenoxy) is 1. The van der Waals surface area contributed by atoms with Crippen molar-refractivity contribution < 1.29 is 4.74 Å². The summed E-state index contributed by atoms with van der Waals surface area (Å²) in [4.78, 5) is 8.51. The standard InChI is InChI=1S/C13H16N2O.H3P/c1-2-3-6-9-16-13-14-10-11-7-4-5-8-12(11)15-13;/h4-5,7-8,10H,2-3,6,9H2,1H3;1H3. The van der Waals surface area contributed by atoms with E-state index in [1.165, 1.54) is 12.8 Å². The monoisotopic (exact) mass is 250 g/mol. The van der Waals surface area contributed by atoms with Crippen molar-refractivity contribution in [2.75, 3.05) is 6.61 Å². The highest BCUT2D eigenvalue weighted by atomic mass is 31.0. The van der Waals surface area contributed by atoms with Crippen molar-refractivity contribution in [3.8, 4) is 6.01 Å². The molecule has 0 bridgehead atoms. The van der Waals surface area contributed by atoms with Gasteiger partial charge in [-0.05, 0) is 12.5 Å². The Morgan fingerprint density at radius 3 is 2.82 bits per heavy atom. The van der Waals surface area contributed by atoms with E-state index < -0.39 is 0 Å². The van der Waals surface area contributed by atoms with Gasteiger partial charge in [-0.2, -0.15) is 14.9 Å². The highest BCUT2D eigenvalue weighted by Gasteiger charge is 1.99. The lowest BCUT2D eigenvalue weighted by atomic mass is 10.2. The van der Waals surface area contributed by atoms with Crippen LogP contribution in [0.4, 0.5) is 0 Å². The number of rotatable bonds is 5. The van der Waals surface area contributed by atoms with Crippen LogP contribution in [-0.2, 0) is 0 Å².